The quantitative estimate of drug-likeness (QED) is 0.825. The molecule has 0 spiro atoms. The molecule has 1 aromatic carbocycles. The van der Waals surface area contributed by atoms with Crippen molar-refractivity contribution in [3.05, 3.63) is 28.7 Å². The van der Waals surface area contributed by atoms with Crippen molar-refractivity contribution in [3.8, 4) is 0 Å². The first-order valence-electron chi connectivity index (χ1n) is 7.22. The topological polar surface area (TPSA) is 44.8 Å². The number of benzene rings is 1. The molecule has 5 nitrogen and oxygen atoms in total. The Morgan fingerprint density at radius 1 is 1.33 bits per heavy atom. The van der Waals surface area contributed by atoms with Crippen molar-refractivity contribution in [2.24, 2.45) is 0 Å². The maximum atomic E-state index is 12.2. The van der Waals surface area contributed by atoms with Crippen LogP contribution in [-0.2, 0) is 4.74 Å². The van der Waals surface area contributed by atoms with Gasteiger partial charge in [-0.2, -0.15) is 0 Å². The molecule has 0 radical (unpaired) electrons. The number of piperazine rings is 1. The first-order valence-corrected chi connectivity index (χ1v) is 8.01. The van der Waals surface area contributed by atoms with Crippen LogP contribution in [0.15, 0.2) is 28.7 Å². The number of hydrogen-bond acceptors (Lipinski definition) is 3. The number of halogens is 1. The van der Waals surface area contributed by atoms with Crippen molar-refractivity contribution in [2.75, 3.05) is 51.8 Å². The summed E-state index contributed by atoms with van der Waals surface area (Å²) in [5.74, 6) is 0. The summed E-state index contributed by atoms with van der Waals surface area (Å²) in [6, 6.07) is 7.62. The van der Waals surface area contributed by atoms with E-state index in [1.54, 1.807) is 7.11 Å². The Kier molecular flexibility index (Phi) is 6.48. The second-order valence-electron chi connectivity index (χ2n) is 5.12. The van der Waals surface area contributed by atoms with Crippen LogP contribution in [0.4, 0.5) is 10.5 Å². The summed E-state index contributed by atoms with van der Waals surface area (Å²) in [7, 11) is 1.73. The van der Waals surface area contributed by atoms with Gasteiger partial charge < -0.3 is 15.0 Å². The van der Waals surface area contributed by atoms with Gasteiger partial charge in [0.15, 0.2) is 0 Å². The molecule has 116 valence electrons. The van der Waals surface area contributed by atoms with Crippen LogP contribution >= 0.6 is 15.9 Å². The maximum absolute atomic E-state index is 12.2. The molecule has 1 aliphatic rings. The number of carbonyl (C=O) groups excluding carboxylic acids is 1. The fourth-order valence-corrected chi connectivity index (χ4v) is 2.78. The number of urea groups is 1. The molecule has 21 heavy (non-hydrogen) atoms. The van der Waals surface area contributed by atoms with E-state index in [9.17, 15) is 4.79 Å². The molecule has 0 unspecified atom stereocenters. The minimum absolute atomic E-state index is 0.0235. The lowest BCUT2D eigenvalue weighted by atomic mass is 10.3. The van der Waals surface area contributed by atoms with Crippen molar-refractivity contribution >= 4 is 27.6 Å². The van der Waals surface area contributed by atoms with Gasteiger partial charge >= 0.3 is 6.03 Å². The van der Waals surface area contributed by atoms with Crippen LogP contribution in [0.1, 0.15) is 6.42 Å². The summed E-state index contributed by atoms with van der Waals surface area (Å²) in [5.41, 5.74) is 0.817. The molecule has 2 rings (SSSR count). The molecule has 1 aromatic rings. The lowest BCUT2D eigenvalue weighted by Crippen LogP contribution is -2.50. The van der Waals surface area contributed by atoms with Crippen LogP contribution in [0.25, 0.3) is 0 Å². The molecule has 1 saturated heterocycles. The van der Waals surface area contributed by atoms with E-state index in [4.69, 9.17) is 4.74 Å². The van der Waals surface area contributed by atoms with Gasteiger partial charge in [0.2, 0.25) is 0 Å². The van der Waals surface area contributed by atoms with E-state index in [0.717, 1.165) is 55.9 Å². The lowest BCUT2D eigenvalue weighted by molar-refractivity contribution is 0.130. The molecule has 0 bridgehead atoms. The Balaban J connectivity index is 1.75. The normalized spacial score (nSPS) is 16.0. The fourth-order valence-electron chi connectivity index (χ4n) is 2.38. The third-order valence-corrected chi connectivity index (χ3v) is 4.05. The number of hydrogen-bond donors (Lipinski definition) is 1. The molecule has 0 atom stereocenters. The third-order valence-electron chi connectivity index (χ3n) is 3.56. The summed E-state index contributed by atoms with van der Waals surface area (Å²) in [5, 5.41) is 2.94. The average molecular weight is 356 g/mol. The maximum Gasteiger partial charge on any atom is 0.321 e. The number of rotatable bonds is 5. The molecule has 1 aliphatic heterocycles. The van der Waals surface area contributed by atoms with Crippen LogP contribution in [0, 0.1) is 0 Å². The van der Waals surface area contributed by atoms with Gasteiger partial charge in [-0.1, -0.05) is 22.0 Å². The predicted octanol–water partition coefficient (Wildman–Crippen LogP) is 2.64. The van der Waals surface area contributed by atoms with Crippen molar-refractivity contribution < 1.29 is 9.53 Å². The second kappa shape index (κ2) is 8.36. The molecule has 1 heterocycles. The molecule has 2 amide bonds. The zero-order chi connectivity index (χ0) is 15.1. The van der Waals surface area contributed by atoms with Crippen LogP contribution in [0.3, 0.4) is 0 Å². The van der Waals surface area contributed by atoms with Gasteiger partial charge in [0.05, 0.1) is 0 Å². The van der Waals surface area contributed by atoms with Crippen molar-refractivity contribution in [1.82, 2.24) is 9.80 Å². The van der Waals surface area contributed by atoms with Gasteiger partial charge in [0.1, 0.15) is 0 Å². The highest BCUT2D eigenvalue weighted by Gasteiger charge is 2.20. The smallest absolute Gasteiger partial charge is 0.321 e. The highest BCUT2D eigenvalue weighted by molar-refractivity contribution is 9.10. The zero-order valence-corrected chi connectivity index (χ0v) is 13.9. The zero-order valence-electron chi connectivity index (χ0n) is 12.3. The number of nitrogens with zero attached hydrogens (tertiary/aromatic N) is 2. The predicted molar refractivity (Wildman–Crippen MR) is 87.7 cm³/mol. The Labute approximate surface area is 134 Å². The van der Waals surface area contributed by atoms with Gasteiger partial charge in [0.25, 0.3) is 0 Å². The molecule has 6 heteroatoms. The standard InChI is InChI=1S/C15H22BrN3O2/c1-21-11-3-6-18-7-9-19(10-8-18)15(20)17-14-5-2-4-13(16)12-14/h2,4-5,12H,3,6-11H2,1H3,(H,17,20). The van der Waals surface area contributed by atoms with E-state index in [2.05, 4.69) is 26.1 Å². The van der Waals surface area contributed by atoms with Crippen molar-refractivity contribution in [2.45, 2.75) is 6.42 Å². The van der Waals surface area contributed by atoms with Gasteiger partial charge in [0, 0.05) is 56.6 Å². The lowest BCUT2D eigenvalue weighted by Gasteiger charge is -2.34. The van der Waals surface area contributed by atoms with Gasteiger partial charge in [-0.25, -0.2) is 4.79 Å². The van der Waals surface area contributed by atoms with Crippen LogP contribution in [0.5, 0.6) is 0 Å². The number of anilines is 1. The van der Waals surface area contributed by atoms with Gasteiger partial charge in [-0.05, 0) is 24.6 Å². The minimum Gasteiger partial charge on any atom is -0.385 e. The summed E-state index contributed by atoms with van der Waals surface area (Å²) in [4.78, 5) is 16.5. The Morgan fingerprint density at radius 3 is 2.76 bits per heavy atom. The average Bonchev–Trinajstić information content (AvgIpc) is 2.48. The van der Waals surface area contributed by atoms with E-state index in [-0.39, 0.29) is 6.03 Å². The van der Waals surface area contributed by atoms with E-state index in [1.807, 2.05) is 29.2 Å². The van der Waals surface area contributed by atoms with E-state index in [1.165, 1.54) is 0 Å². The summed E-state index contributed by atoms with van der Waals surface area (Å²) in [6.07, 6.45) is 1.04. The first kappa shape index (κ1) is 16.3. The molecular weight excluding hydrogens is 334 g/mol. The molecule has 0 aromatic heterocycles. The minimum atomic E-state index is -0.0235. The number of carbonyl (C=O) groups is 1. The van der Waals surface area contributed by atoms with Gasteiger partial charge in [-0.15, -0.1) is 0 Å². The SMILES string of the molecule is COCCCN1CCN(C(=O)Nc2cccc(Br)c2)CC1. The Morgan fingerprint density at radius 2 is 2.10 bits per heavy atom. The van der Waals surface area contributed by atoms with Crippen molar-refractivity contribution in [1.29, 1.82) is 0 Å². The molecule has 0 aliphatic carbocycles. The monoisotopic (exact) mass is 355 g/mol. The number of nitrogens with one attached hydrogen (secondary N) is 1. The highest BCUT2D eigenvalue weighted by atomic mass is 79.9. The van der Waals surface area contributed by atoms with Crippen molar-refractivity contribution in [3.63, 3.8) is 0 Å². The number of amides is 2. The Hall–Kier alpha value is -1.11. The number of ether oxygens (including phenoxy) is 1. The fraction of sp³-hybridized carbons (Fsp3) is 0.533. The van der Waals surface area contributed by atoms with E-state index < -0.39 is 0 Å². The summed E-state index contributed by atoms with van der Waals surface area (Å²) < 4.78 is 6.02. The first-order chi connectivity index (χ1) is 10.2. The largest absolute Gasteiger partial charge is 0.385 e. The number of methoxy groups -OCH3 is 1. The Bertz CT molecular complexity index is 462. The second-order valence-corrected chi connectivity index (χ2v) is 6.03. The molecule has 1 fully saturated rings. The molecular formula is C15H22BrN3O2. The van der Waals surface area contributed by atoms with E-state index in [0.29, 0.717) is 0 Å². The van der Waals surface area contributed by atoms with Gasteiger partial charge in [-0.3, -0.25) is 4.90 Å². The van der Waals surface area contributed by atoms with Crippen LogP contribution in [0.2, 0.25) is 0 Å². The van der Waals surface area contributed by atoms with Crippen LogP contribution in [-0.4, -0.2) is 62.3 Å². The summed E-state index contributed by atoms with van der Waals surface area (Å²) >= 11 is 3.40. The van der Waals surface area contributed by atoms with Crippen LogP contribution < -0.4 is 5.32 Å². The van der Waals surface area contributed by atoms with E-state index >= 15 is 0 Å². The highest BCUT2D eigenvalue weighted by Crippen LogP contribution is 2.16. The third kappa shape index (κ3) is 5.30. The summed E-state index contributed by atoms with van der Waals surface area (Å²) in [6.45, 7) is 5.23. The molecule has 1 N–H and O–H groups in total. The molecule has 0 saturated carbocycles.